The van der Waals surface area contributed by atoms with Gasteiger partial charge in [-0.1, -0.05) is 33.2 Å². The number of hydrogen-bond donors (Lipinski definition) is 0. The molecule has 0 saturated carbocycles. The zero-order chi connectivity index (χ0) is 15.9. The number of aromatic nitrogens is 2. The van der Waals surface area contributed by atoms with Gasteiger partial charge >= 0.3 is 5.76 Å². The molecule has 0 saturated heterocycles. The monoisotopic (exact) mass is 384 g/mol. The molecule has 0 aliphatic carbocycles. The minimum absolute atomic E-state index is 0.194. The van der Waals surface area contributed by atoms with Crippen LogP contribution in [0.2, 0.25) is 0 Å². The number of ether oxygens (including phenoxy) is 1. The van der Waals surface area contributed by atoms with E-state index in [0.717, 1.165) is 4.47 Å². The van der Waals surface area contributed by atoms with Gasteiger partial charge in [0, 0.05) is 27.7 Å². The number of allylic oxidation sites excluding steroid dienone is 1. The van der Waals surface area contributed by atoms with Crippen molar-refractivity contribution in [3.05, 3.63) is 56.1 Å². The average Bonchev–Trinajstić information content (AvgIpc) is 2.87. The van der Waals surface area contributed by atoms with E-state index in [1.54, 1.807) is 26.0 Å². The third-order valence-corrected chi connectivity index (χ3v) is 5.57. The van der Waals surface area contributed by atoms with Crippen LogP contribution in [0.1, 0.15) is 25.2 Å². The third-order valence-electron chi connectivity index (χ3n) is 3.38. The fourth-order valence-electron chi connectivity index (χ4n) is 2.47. The summed E-state index contributed by atoms with van der Waals surface area (Å²) >= 11 is 3.37. The molecule has 1 aliphatic heterocycles. The fraction of sp³-hybridized carbons (Fsp3) is 0.286. The summed E-state index contributed by atoms with van der Waals surface area (Å²) in [5.74, 6) is -0.429. The Kier molecular flexibility index (Phi) is 3.92. The van der Waals surface area contributed by atoms with Gasteiger partial charge in [-0.25, -0.2) is 9.36 Å². The lowest BCUT2D eigenvalue weighted by atomic mass is 10.1. The minimum atomic E-state index is -1.55. The second-order valence-electron chi connectivity index (χ2n) is 4.72. The van der Waals surface area contributed by atoms with Gasteiger partial charge in [0.15, 0.2) is 0 Å². The molecular weight excluding hydrogens is 372 g/mol. The van der Waals surface area contributed by atoms with Crippen molar-refractivity contribution in [1.82, 2.24) is 9.72 Å². The first kappa shape index (κ1) is 15.4. The van der Waals surface area contributed by atoms with Gasteiger partial charge in [0.2, 0.25) is 10.8 Å². The Balaban J connectivity index is 2.33. The Labute approximate surface area is 137 Å². The van der Waals surface area contributed by atoms with Gasteiger partial charge in [-0.3, -0.25) is 8.73 Å². The lowest BCUT2D eigenvalue weighted by Gasteiger charge is -2.33. The van der Waals surface area contributed by atoms with Crippen LogP contribution >= 0.6 is 15.9 Å². The van der Waals surface area contributed by atoms with E-state index in [0.29, 0.717) is 17.9 Å². The van der Waals surface area contributed by atoms with Crippen molar-refractivity contribution in [3.8, 4) is 0 Å². The first-order valence-electron chi connectivity index (χ1n) is 6.59. The summed E-state index contributed by atoms with van der Waals surface area (Å²) in [4.78, 5) is 10.5. The van der Waals surface area contributed by atoms with E-state index in [1.807, 2.05) is 12.1 Å². The van der Waals surface area contributed by atoms with E-state index in [-0.39, 0.29) is 5.82 Å². The molecule has 0 fully saturated rings. The Morgan fingerprint density at radius 3 is 2.73 bits per heavy atom. The maximum Gasteiger partial charge on any atom is 0.446 e. The highest BCUT2D eigenvalue weighted by Gasteiger charge is 2.49. The molecule has 0 radical (unpaired) electrons. The molecule has 6 nitrogen and oxygen atoms in total. The predicted molar refractivity (Wildman–Crippen MR) is 85.4 cm³/mol. The van der Waals surface area contributed by atoms with Gasteiger partial charge in [0.25, 0.3) is 0 Å². The van der Waals surface area contributed by atoms with Crippen LogP contribution < -0.4 is 5.76 Å². The lowest BCUT2D eigenvalue weighted by Crippen LogP contribution is -2.42. The number of hydrogen-bond acceptors (Lipinski definition) is 5. The summed E-state index contributed by atoms with van der Waals surface area (Å²) in [7, 11) is -1.55. The summed E-state index contributed by atoms with van der Waals surface area (Å²) in [5, 5.41) is 5.32. The summed E-state index contributed by atoms with van der Waals surface area (Å²) in [6.45, 7) is 3.78. The molecule has 0 spiro atoms. The second-order valence-corrected chi connectivity index (χ2v) is 7.04. The summed E-state index contributed by atoms with van der Waals surface area (Å²) < 4.78 is 25.7. The van der Waals surface area contributed by atoms with Crippen LogP contribution in [0.15, 0.2) is 43.5 Å². The molecule has 8 heteroatoms. The van der Waals surface area contributed by atoms with Gasteiger partial charge in [-0.05, 0) is 26.0 Å². The highest BCUT2D eigenvalue weighted by Crippen LogP contribution is 2.40. The molecule has 0 bridgehead atoms. The molecule has 1 aliphatic rings. The molecule has 22 heavy (non-hydrogen) atoms. The first-order valence-corrected chi connectivity index (χ1v) is 8.60. The average molecular weight is 385 g/mol. The molecule has 1 aromatic carbocycles. The van der Waals surface area contributed by atoms with Crippen molar-refractivity contribution in [2.24, 2.45) is 0 Å². The van der Waals surface area contributed by atoms with E-state index in [9.17, 15) is 9.00 Å². The van der Waals surface area contributed by atoms with Crippen LogP contribution in [-0.2, 0) is 20.5 Å². The van der Waals surface area contributed by atoms with Crippen molar-refractivity contribution in [2.75, 3.05) is 6.61 Å². The van der Waals surface area contributed by atoms with Crippen molar-refractivity contribution in [2.45, 2.75) is 18.8 Å². The molecule has 1 aromatic heterocycles. The Hall–Kier alpha value is -1.51. The van der Waals surface area contributed by atoms with E-state index >= 15 is 0 Å². The maximum atomic E-state index is 12.9. The highest BCUT2D eigenvalue weighted by molar-refractivity contribution is 9.10. The largest absolute Gasteiger partial charge is 0.446 e. The molecule has 116 valence electrons. The Morgan fingerprint density at radius 1 is 1.41 bits per heavy atom. The van der Waals surface area contributed by atoms with Crippen LogP contribution in [0.4, 0.5) is 0 Å². The zero-order valence-corrected chi connectivity index (χ0v) is 14.3. The van der Waals surface area contributed by atoms with Crippen molar-refractivity contribution < 1.29 is 13.5 Å². The number of rotatable bonds is 3. The fourth-order valence-corrected chi connectivity index (χ4v) is 4.23. The smallest absolute Gasteiger partial charge is 0.351 e. The molecule has 2 atom stereocenters. The van der Waals surface area contributed by atoms with E-state index < -0.39 is 21.5 Å². The van der Waals surface area contributed by atoms with Gasteiger partial charge < -0.3 is 4.74 Å². The Morgan fingerprint density at radius 2 is 2.09 bits per heavy atom. The highest BCUT2D eigenvalue weighted by atomic mass is 79.9. The van der Waals surface area contributed by atoms with Crippen LogP contribution in [0, 0.1) is 0 Å². The topological polar surface area (TPSA) is 74.3 Å². The first-order chi connectivity index (χ1) is 10.5. The summed E-state index contributed by atoms with van der Waals surface area (Å²) in [5.41, 5.74) is 1.15. The Bertz CT molecular complexity index is 824. The summed E-state index contributed by atoms with van der Waals surface area (Å²) in [6.07, 6.45) is 0. The zero-order valence-electron chi connectivity index (χ0n) is 11.9. The molecule has 2 heterocycles. The minimum Gasteiger partial charge on any atom is -0.351 e. The SMILES string of the molecule is CCO[C@@]1(c2ccc(Br)cc2)c2noc(=O)n2C(C)=CS1=O. The van der Waals surface area contributed by atoms with E-state index in [4.69, 9.17) is 9.26 Å². The molecule has 0 amide bonds. The molecule has 2 aromatic rings. The van der Waals surface area contributed by atoms with Gasteiger partial charge in [-0.15, -0.1) is 0 Å². The second kappa shape index (κ2) is 5.60. The molecule has 0 N–H and O–H groups in total. The number of nitrogens with zero attached hydrogens (tertiary/aromatic N) is 2. The molecule has 3 rings (SSSR count). The summed E-state index contributed by atoms with van der Waals surface area (Å²) in [6, 6.07) is 7.22. The van der Waals surface area contributed by atoms with E-state index in [2.05, 4.69) is 21.1 Å². The van der Waals surface area contributed by atoms with Gasteiger partial charge in [0.1, 0.15) is 0 Å². The maximum absolute atomic E-state index is 12.9. The number of benzene rings is 1. The number of fused-ring (bicyclic) bond motifs is 1. The van der Waals surface area contributed by atoms with Crippen LogP contribution in [0.5, 0.6) is 0 Å². The molecule has 1 unspecified atom stereocenters. The third kappa shape index (κ3) is 2.13. The number of halogens is 1. The lowest BCUT2D eigenvalue weighted by molar-refractivity contribution is 0.0488. The van der Waals surface area contributed by atoms with Crippen molar-refractivity contribution in [1.29, 1.82) is 0 Å². The predicted octanol–water partition coefficient (Wildman–Crippen LogP) is 2.42. The van der Waals surface area contributed by atoms with Gasteiger partial charge in [0.05, 0.1) is 10.8 Å². The molecular formula is C14H13BrN2O4S. The van der Waals surface area contributed by atoms with Gasteiger partial charge in [-0.2, -0.15) is 0 Å². The van der Waals surface area contributed by atoms with Crippen molar-refractivity contribution in [3.63, 3.8) is 0 Å². The van der Waals surface area contributed by atoms with Crippen molar-refractivity contribution >= 4 is 32.4 Å². The van der Waals surface area contributed by atoms with Crippen LogP contribution in [-0.4, -0.2) is 20.5 Å². The van der Waals surface area contributed by atoms with Crippen LogP contribution in [0.25, 0.3) is 5.70 Å². The standard InChI is InChI=1S/C14H13BrN2O4S/c1-3-20-14(10-4-6-11(15)7-5-10)12-16-21-13(18)17(12)9(2)8-22(14)19/h4-8H,3H2,1-2H3/t14-,22?/m1/s1. The van der Waals surface area contributed by atoms with E-state index in [1.165, 1.54) is 9.98 Å². The normalized spacial score (nSPS) is 24.0. The van der Waals surface area contributed by atoms with Crippen LogP contribution in [0.3, 0.4) is 0 Å². The quantitative estimate of drug-likeness (QED) is 0.811.